The van der Waals surface area contributed by atoms with Crippen molar-refractivity contribution in [3.05, 3.63) is 16.8 Å². The summed E-state index contributed by atoms with van der Waals surface area (Å²) in [5, 5.41) is 0. The zero-order chi connectivity index (χ0) is 8.10. The zero-order valence-electron chi connectivity index (χ0n) is 6.05. The molecule has 4 heteroatoms. The van der Waals surface area contributed by atoms with Gasteiger partial charge in [-0.15, -0.1) is 0 Å². The van der Waals surface area contributed by atoms with Crippen molar-refractivity contribution in [3.8, 4) is 5.95 Å². The highest BCUT2D eigenvalue weighted by atomic mass is 79.9. The van der Waals surface area contributed by atoms with Gasteiger partial charge in [-0.25, -0.2) is 0 Å². The van der Waals surface area contributed by atoms with E-state index in [9.17, 15) is 0 Å². The quantitative estimate of drug-likeness (QED) is 0.786. The zero-order valence-corrected chi connectivity index (χ0v) is 7.63. The minimum absolute atomic E-state index is 0.533. The molecule has 0 fully saturated rings. The Morgan fingerprint density at radius 3 is 2.91 bits per heavy atom. The van der Waals surface area contributed by atoms with E-state index in [2.05, 4.69) is 15.9 Å². The fourth-order valence-electron chi connectivity index (χ4n) is 0.631. The summed E-state index contributed by atoms with van der Waals surface area (Å²) in [4.78, 5) is 0. The average Bonchev–Trinajstić information content (AvgIpc) is 2.37. The standard InChI is InChI=1S/C7H10BrNO2/c8-6-2-3-7(11-6)10-5-1-4-9/h2-3H,1,4-5,9H2. The monoisotopic (exact) mass is 219 g/mol. The lowest BCUT2D eigenvalue weighted by Gasteiger charge is -1.98. The maximum atomic E-state index is 5.28. The van der Waals surface area contributed by atoms with Gasteiger partial charge in [-0.3, -0.25) is 0 Å². The molecule has 0 aromatic carbocycles. The van der Waals surface area contributed by atoms with Crippen molar-refractivity contribution in [2.24, 2.45) is 5.73 Å². The van der Waals surface area contributed by atoms with Crippen LogP contribution in [0.25, 0.3) is 0 Å². The smallest absolute Gasteiger partial charge is 0.285 e. The highest BCUT2D eigenvalue weighted by Crippen LogP contribution is 2.20. The average molecular weight is 220 g/mol. The van der Waals surface area contributed by atoms with Crippen LogP contribution in [0.1, 0.15) is 6.42 Å². The van der Waals surface area contributed by atoms with Crippen LogP contribution in [0.15, 0.2) is 21.2 Å². The normalized spacial score (nSPS) is 10.0. The van der Waals surface area contributed by atoms with Gasteiger partial charge in [0, 0.05) is 6.07 Å². The summed E-state index contributed by atoms with van der Waals surface area (Å²) in [5.41, 5.74) is 5.28. The third kappa shape index (κ3) is 2.95. The summed E-state index contributed by atoms with van der Waals surface area (Å²) in [6.07, 6.45) is 0.846. The van der Waals surface area contributed by atoms with E-state index in [0.717, 1.165) is 6.42 Å². The number of rotatable bonds is 4. The lowest BCUT2D eigenvalue weighted by Crippen LogP contribution is -2.05. The Bertz CT molecular complexity index is 212. The van der Waals surface area contributed by atoms with Crippen molar-refractivity contribution in [2.45, 2.75) is 6.42 Å². The van der Waals surface area contributed by atoms with E-state index >= 15 is 0 Å². The molecule has 0 aliphatic carbocycles. The van der Waals surface area contributed by atoms with Crippen molar-refractivity contribution in [2.75, 3.05) is 13.2 Å². The third-order valence-corrected chi connectivity index (χ3v) is 1.57. The predicted octanol–water partition coefficient (Wildman–Crippen LogP) is 1.77. The van der Waals surface area contributed by atoms with Crippen molar-refractivity contribution in [1.82, 2.24) is 0 Å². The Labute approximate surface area is 73.6 Å². The molecule has 0 amide bonds. The molecule has 3 nitrogen and oxygen atoms in total. The molecule has 62 valence electrons. The third-order valence-electron chi connectivity index (χ3n) is 1.14. The van der Waals surface area contributed by atoms with Crippen LogP contribution >= 0.6 is 15.9 Å². The van der Waals surface area contributed by atoms with Crippen LogP contribution in [-0.4, -0.2) is 13.2 Å². The van der Waals surface area contributed by atoms with Gasteiger partial charge >= 0.3 is 0 Å². The predicted molar refractivity (Wildman–Crippen MR) is 45.6 cm³/mol. The molecule has 0 radical (unpaired) electrons. The van der Waals surface area contributed by atoms with E-state index in [1.165, 1.54) is 0 Å². The lowest BCUT2D eigenvalue weighted by molar-refractivity contribution is 0.237. The molecule has 2 N–H and O–H groups in total. The van der Waals surface area contributed by atoms with Crippen molar-refractivity contribution >= 4 is 15.9 Å². The summed E-state index contributed by atoms with van der Waals surface area (Å²) in [6, 6.07) is 3.55. The Morgan fingerprint density at radius 2 is 2.36 bits per heavy atom. The molecule has 0 spiro atoms. The van der Waals surface area contributed by atoms with Gasteiger partial charge in [0.2, 0.25) is 0 Å². The first-order valence-corrected chi connectivity index (χ1v) is 4.20. The summed E-state index contributed by atoms with van der Waals surface area (Å²) in [6.45, 7) is 1.25. The molecule has 1 heterocycles. The molecule has 0 aliphatic heterocycles. The first-order chi connectivity index (χ1) is 5.33. The highest BCUT2D eigenvalue weighted by molar-refractivity contribution is 9.10. The second-order valence-electron chi connectivity index (χ2n) is 2.05. The lowest BCUT2D eigenvalue weighted by atomic mass is 10.5. The van der Waals surface area contributed by atoms with Crippen molar-refractivity contribution in [3.63, 3.8) is 0 Å². The van der Waals surface area contributed by atoms with Crippen LogP contribution in [0.3, 0.4) is 0 Å². The van der Waals surface area contributed by atoms with Crippen molar-refractivity contribution in [1.29, 1.82) is 0 Å². The summed E-state index contributed by atoms with van der Waals surface area (Å²) in [7, 11) is 0. The first-order valence-electron chi connectivity index (χ1n) is 3.41. The Morgan fingerprint density at radius 1 is 1.55 bits per heavy atom. The number of hydrogen-bond donors (Lipinski definition) is 1. The number of ether oxygens (including phenoxy) is 1. The van der Waals surface area contributed by atoms with Gasteiger partial charge in [0.15, 0.2) is 4.67 Å². The highest BCUT2D eigenvalue weighted by Gasteiger charge is 1.97. The molecule has 0 unspecified atom stereocenters. The maximum absolute atomic E-state index is 5.28. The second kappa shape index (κ2) is 4.41. The topological polar surface area (TPSA) is 48.4 Å². The number of halogens is 1. The summed E-state index contributed by atoms with van der Waals surface area (Å²) in [5.74, 6) is 0.533. The Kier molecular flexibility index (Phi) is 3.45. The minimum atomic E-state index is 0.533. The van der Waals surface area contributed by atoms with Crippen LogP contribution < -0.4 is 10.5 Å². The molecule has 11 heavy (non-hydrogen) atoms. The first kappa shape index (κ1) is 8.62. The van der Waals surface area contributed by atoms with Crippen LogP contribution in [0, 0.1) is 0 Å². The van der Waals surface area contributed by atoms with Gasteiger partial charge in [0.1, 0.15) is 0 Å². The van der Waals surface area contributed by atoms with E-state index in [0.29, 0.717) is 23.8 Å². The van der Waals surface area contributed by atoms with Gasteiger partial charge in [-0.1, -0.05) is 0 Å². The Hall–Kier alpha value is -0.480. The van der Waals surface area contributed by atoms with Crippen LogP contribution in [0.4, 0.5) is 0 Å². The SMILES string of the molecule is NCCCOc1ccc(Br)o1. The van der Waals surface area contributed by atoms with Gasteiger partial charge in [0.25, 0.3) is 5.95 Å². The van der Waals surface area contributed by atoms with Gasteiger partial charge in [-0.05, 0) is 35.0 Å². The fraction of sp³-hybridized carbons (Fsp3) is 0.429. The number of hydrogen-bond acceptors (Lipinski definition) is 3. The second-order valence-corrected chi connectivity index (χ2v) is 2.83. The van der Waals surface area contributed by atoms with E-state index in [-0.39, 0.29) is 0 Å². The number of nitrogens with two attached hydrogens (primary N) is 1. The summed E-state index contributed by atoms with van der Waals surface area (Å²) >= 11 is 3.17. The van der Waals surface area contributed by atoms with E-state index in [1.807, 2.05) is 0 Å². The van der Waals surface area contributed by atoms with Gasteiger partial charge < -0.3 is 14.9 Å². The van der Waals surface area contributed by atoms with E-state index in [1.54, 1.807) is 12.1 Å². The van der Waals surface area contributed by atoms with Gasteiger partial charge in [0.05, 0.1) is 6.61 Å². The van der Waals surface area contributed by atoms with Crippen LogP contribution in [-0.2, 0) is 0 Å². The Balaban J connectivity index is 2.27. The largest absolute Gasteiger partial charge is 0.465 e. The van der Waals surface area contributed by atoms with E-state index < -0.39 is 0 Å². The molecular weight excluding hydrogens is 210 g/mol. The molecular formula is C7H10BrNO2. The molecule has 1 aromatic heterocycles. The minimum Gasteiger partial charge on any atom is -0.465 e. The van der Waals surface area contributed by atoms with Crippen molar-refractivity contribution < 1.29 is 9.15 Å². The number of furan rings is 1. The molecule has 1 rings (SSSR count). The van der Waals surface area contributed by atoms with Crippen LogP contribution in [0.5, 0.6) is 5.95 Å². The molecule has 0 saturated carbocycles. The van der Waals surface area contributed by atoms with E-state index in [4.69, 9.17) is 14.9 Å². The maximum Gasteiger partial charge on any atom is 0.285 e. The molecule has 0 saturated heterocycles. The molecule has 0 atom stereocenters. The molecule has 0 aliphatic rings. The fourth-order valence-corrected chi connectivity index (χ4v) is 0.923. The molecule has 1 aromatic rings. The van der Waals surface area contributed by atoms with Crippen LogP contribution in [0.2, 0.25) is 0 Å². The molecule has 0 bridgehead atoms. The summed E-state index contributed by atoms with van der Waals surface area (Å²) < 4.78 is 11.0. The van der Waals surface area contributed by atoms with Gasteiger partial charge in [-0.2, -0.15) is 0 Å².